The van der Waals surface area contributed by atoms with Crippen LogP contribution in [0.25, 0.3) is 82.8 Å². The van der Waals surface area contributed by atoms with Gasteiger partial charge in [0.15, 0.2) is 0 Å². The van der Waals surface area contributed by atoms with E-state index in [0.717, 1.165) is 61.4 Å². The van der Waals surface area contributed by atoms with Crippen molar-refractivity contribution in [1.82, 2.24) is 4.57 Å². The standard InChI is InChI=1S/C61H43FN2/c1-61(2)55-38-43(28-34-51(55)52-35-33-47(39-56(52)61)63(45-22-10-5-11-23-45)57-27-14-21-40-16-12-13-24-49(40)57)48-25-15-26-53-50(48)36-37-54-58(41-17-6-3-7-18-41)59(42-19-8-4-9-20-42)64(60(53)54)46-31-29-44(62)30-32-46/h3-39H,1-2H3. The fraction of sp³-hybridized carbons (Fsp3) is 0.0492. The number of rotatable bonds is 7. The first-order valence-corrected chi connectivity index (χ1v) is 22.0. The van der Waals surface area contributed by atoms with Crippen LogP contribution in [0.2, 0.25) is 0 Å². The number of benzene rings is 10. The minimum absolute atomic E-state index is 0.256. The lowest BCUT2D eigenvalue weighted by molar-refractivity contribution is 0.627. The molecule has 0 aliphatic heterocycles. The summed E-state index contributed by atoms with van der Waals surface area (Å²) < 4.78 is 16.9. The van der Waals surface area contributed by atoms with Crippen LogP contribution in [0.1, 0.15) is 25.0 Å². The van der Waals surface area contributed by atoms with Gasteiger partial charge in [0, 0.05) is 44.2 Å². The van der Waals surface area contributed by atoms with Crippen molar-refractivity contribution in [1.29, 1.82) is 0 Å². The van der Waals surface area contributed by atoms with Crippen molar-refractivity contribution in [2.24, 2.45) is 0 Å². The Morgan fingerprint density at radius 1 is 0.422 bits per heavy atom. The third kappa shape index (κ3) is 5.92. The van der Waals surface area contributed by atoms with Crippen molar-refractivity contribution in [2.45, 2.75) is 19.3 Å². The summed E-state index contributed by atoms with van der Waals surface area (Å²) in [6, 6.07) is 79.4. The van der Waals surface area contributed by atoms with Crippen LogP contribution >= 0.6 is 0 Å². The van der Waals surface area contributed by atoms with Gasteiger partial charge in [0.05, 0.1) is 16.9 Å². The second-order valence-corrected chi connectivity index (χ2v) is 17.4. The van der Waals surface area contributed by atoms with Gasteiger partial charge in [-0.3, -0.25) is 0 Å². The highest BCUT2D eigenvalue weighted by molar-refractivity contribution is 6.18. The Morgan fingerprint density at radius 3 is 1.80 bits per heavy atom. The highest BCUT2D eigenvalue weighted by Gasteiger charge is 2.36. The van der Waals surface area contributed by atoms with Gasteiger partial charge in [-0.1, -0.05) is 178 Å². The molecule has 12 rings (SSSR count). The molecule has 0 N–H and O–H groups in total. The van der Waals surface area contributed by atoms with Gasteiger partial charge in [0.1, 0.15) is 5.82 Å². The third-order valence-corrected chi connectivity index (χ3v) is 13.4. The molecular formula is C61H43FN2. The molecule has 0 spiro atoms. The van der Waals surface area contributed by atoms with Crippen LogP contribution in [0.5, 0.6) is 0 Å². The van der Waals surface area contributed by atoms with E-state index in [4.69, 9.17) is 0 Å². The molecule has 0 amide bonds. The van der Waals surface area contributed by atoms with E-state index in [0.29, 0.717) is 0 Å². The Bertz CT molecular complexity index is 3560. The summed E-state index contributed by atoms with van der Waals surface area (Å²) in [5.41, 5.74) is 17.2. The van der Waals surface area contributed by atoms with Gasteiger partial charge in [0.2, 0.25) is 0 Å². The summed E-state index contributed by atoms with van der Waals surface area (Å²) in [5.74, 6) is -0.256. The molecule has 1 aliphatic carbocycles. The Morgan fingerprint density at radius 2 is 1.03 bits per heavy atom. The minimum Gasteiger partial charge on any atom is -0.310 e. The van der Waals surface area contributed by atoms with Crippen molar-refractivity contribution in [3.63, 3.8) is 0 Å². The molecule has 1 heterocycles. The SMILES string of the molecule is CC1(C)c2cc(-c3cccc4c3ccc3c(-c5ccccc5)c(-c5ccccc5)n(-c5ccc(F)cc5)c34)ccc2-c2ccc(N(c3ccccc3)c3cccc4ccccc34)cc21. The van der Waals surface area contributed by atoms with Crippen LogP contribution in [0.4, 0.5) is 21.5 Å². The molecule has 11 aromatic rings. The zero-order chi connectivity index (χ0) is 42.9. The third-order valence-electron chi connectivity index (χ3n) is 13.4. The molecule has 304 valence electrons. The number of anilines is 3. The molecular weight excluding hydrogens is 780 g/mol. The van der Waals surface area contributed by atoms with Gasteiger partial charge in [0.25, 0.3) is 0 Å². The zero-order valence-electron chi connectivity index (χ0n) is 35.6. The molecule has 3 heteroatoms. The maximum atomic E-state index is 14.6. The molecule has 0 radical (unpaired) electrons. The number of hydrogen-bond acceptors (Lipinski definition) is 1. The van der Waals surface area contributed by atoms with E-state index in [9.17, 15) is 4.39 Å². The van der Waals surface area contributed by atoms with Gasteiger partial charge in [-0.2, -0.15) is 0 Å². The second-order valence-electron chi connectivity index (χ2n) is 17.4. The maximum Gasteiger partial charge on any atom is 0.123 e. The highest BCUT2D eigenvalue weighted by atomic mass is 19.1. The molecule has 0 unspecified atom stereocenters. The van der Waals surface area contributed by atoms with Crippen LogP contribution in [-0.2, 0) is 5.41 Å². The first kappa shape index (κ1) is 37.7. The van der Waals surface area contributed by atoms with Gasteiger partial charge in [-0.25, -0.2) is 4.39 Å². The first-order valence-electron chi connectivity index (χ1n) is 22.0. The van der Waals surface area contributed by atoms with Crippen LogP contribution in [-0.4, -0.2) is 4.57 Å². The van der Waals surface area contributed by atoms with E-state index < -0.39 is 0 Å². The van der Waals surface area contributed by atoms with Crippen LogP contribution in [0.3, 0.4) is 0 Å². The average Bonchev–Trinajstić information content (AvgIpc) is 3.81. The smallest absolute Gasteiger partial charge is 0.123 e. The molecule has 2 nitrogen and oxygen atoms in total. The number of hydrogen-bond donors (Lipinski definition) is 0. The topological polar surface area (TPSA) is 8.17 Å². The normalized spacial score (nSPS) is 12.7. The van der Waals surface area contributed by atoms with Crippen molar-refractivity contribution < 1.29 is 4.39 Å². The minimum atomic E-state index is -0.262. The van der Waals surface area contributed by atoms with Crippen molar-refractivity contribution in [2.75, 3.05) is 4.90 Å². The summed E-state index contributed by atoms with van der Waals surface area (Å²) >= 11 is 0. The van der Waals surface area contributed by atoms with Crippen LogP contribution < -0.4 is 4.90 Å². The quantitative estimate of drug-likeness (QED) is 0.155. The number of aromatic nitrogens is 1. The molecule has 1 aliphatic rings. The first-order chi connectivity index (χ1) is 31.4. The monoisotopic (exact) mass is 822 g/mol. The Balaban J connectivity index is 1.03. The van der Waals surface area contributed by atoms with Gasteiger partial charge in [-0.05, 0) is 116 Å². The second kappa shape index (κ2) is 14.8. The molecule has 0 saturated carbocycles. The van der Waals surface area contributed by atoms with E-state index in [-0.39, 0.29) is 11.2 Å². The number of nitrogens with zero attached hydrogens (tertiary/aromatic N) is 2. The number of halogens is 1. The van der Waals surface area contributed by atoms with Crippen molar-refractivity contribution in [3.05, 3.63) is 241 Å². The Kier molecular flexibility index (Phi) is 8.74. The zero-order valence-corrected chi connectivity index (χ0v) is 35.6. The lowest BCUT2D eigenvalue weighted by Gasteiger charge is -2.29. The summed E-state index contributed by atoms with van der Waals surface area (Å²) in [6.45, 7) is 4.74. The Hall–Kier alpha value is -8.01. The molecule has 64 heavy (non-hydrogen) atoms. The number of fused-ring (bicyclic) bond motifs is 7. The van der Waals surface area contributed by atoms with E-state index >= 15 is 0 Å². The predicted octanol–water partition coefficient (Wildman–Crippen LogP) is 16.9. The van der Waals surface area contributed by atoms with Crippen molar-refractivity contribution >= 4 is 49.5 Å². The largest absolute Gasteiger partial charge is 0.310 e. The van der Waals surface area contributed by atoms with E-state index in [2.05, 4.69) is 224 Å². The van der Waals surface area contributed by atoms with Gasteiger partial charge < -0.3 is 9.47 Å². The Labute approximate surface area is 372 Å². The fourth-order valence-corrected chi connectivity index (χ4v) is 10.4. The molecule has 0 saturated heterocycles. The molecule has 1 aromatic heterocycles. The van der Waals surface area contributed by atoms with Crippen LogP contribution in [0.15, 0.2) is 224 Å². The lowest BCUT2D eigenvalue weighted by Crippen LogP contribution is -2.16. The van der Waals surface area contributed by atoms with Crippen LogP contribution in [0, 0.1) is 5.82 Å². The maximum absolute atomic E-state index is 14.6. The summed E-state index contributed by atoms with van der Waals surface area (Å²) in [5, 5.41) is 5.88. The summed E-state index contributed by atoms with van der Waals surface area (Å²) in [6.07, 6.45) is 0. The highest BCUT2D eigenvalue weighted by Crippen LogP contribution is 2.53. The molecule has 0 fully saturated rings. The lowest BCUT2D eigenvalue weighted by atomic mass is 9.81. The number of para-hydroxylation sites is 1. The van der Waals surface area contributed by atoms with E-state index in [1.807, 2.05) is 12.1 Å². The summed E-state index contributed by atoms with van der Waals surface area (Å²) in [7, 11) is 0. The van der Waals surface area contributed by atoms with Gasteiger partial charge >= 0.3 is 0 Å². The van der Waals surface area contributed by atoms with E-state index in [1.54, 1.807) is 12.1 Å². The van der Waals surface area contributed by atoms with E-state index in [1.165, 1.54) is 49.5 Å². The average molecular weight is 823 g/mol. The molecule has 10 aromatic carbocycles. The summed E-state index contributed by atoms with van der Waals surface area (Å²) in [4.78, 5) is 2.40. The molecule has 0 bridgehead atoms. The predicted molar refractivity (Wildman–Crippen MR) is 267 cm³/mol. The van der Waals surface area contributed by atoms with Gasteiger partial charge in [-0.15, -0.1) is 0 Å². The fourth-order valence-electron chi connectivity index (χ4n) is 10.4. The van der Waals surface area contributed by atoms with Crippen molar-refractivity contribution in [3.8, 4) is 50.3 Å². The molecule has 0 atom stereocenters.